The van der Waals surface area contributed by atoms with Crippen molar-refractivity contribution in [1.29, 1.82) is 0 Å². The third-order valence-corrected chi connectivity index (χ3v) is 5.30. The average molecular weight is 378 g/mol. The molecule has 1 aliphatic carbocycles. The fraction of sp³-hybridized carbons (Fsp3) is 0.150. The maximum atomic E-state index is 12.5. The molecule has 1 unspecified atom stereocenters. The number of rotatable bonds is 4. The van der Waals surface area contributed by atoms with E-state index in [9.17, 15) is 9.35 Å². The molecule has 27 heavy (non-hydrogen) atoms. The largest absolute Gasteiger partial charge is 0.612 e. The van der Waals surface area contributed by atoms with Crippen molar-refractivity contribution < 1.29 is 4.55 Å². The van der Waals surface area contributed by atoms with E-state index < -0.39 is 11.2 Å². The second-order valence-corrected chi connectivity index (χ2v) is 7.48. The minimum absolute atomic E-state index is 0.191. The van der Waals surface area contributed by atoms with Gasteiger partial charge in [-0.25, -0.2) is 9.36 Å². The molecule has 2 aromatic heterocycles. The molecular weight excluding hydrogens is 360 g/mol. The number of hydrogen-bond donors (Lipinski definition) is 0. The van der Waals surface area contributed by atoms with E-state index in [1.54, 1.807) is 40.1 Å². The monoisotopic (exact) mass is 378 g/mol. The van der Waals surface area contributed by atoms with Crippen molar-refractivity contribution in [1.82, 2.24) is 19.6 Å². The number of allylic oxidation sites excluding steroid dienone is 4. The standard InChI is InChI=1S/C20H18N4O2S/c1-27(26)19-10-6-5-9-16(19)23-14-12-18(25)20(22-23)17-11-13-21-24(17)15-7-3-2-4-8-15/h3,5-14H,2,4H2,1H3. The van der Waals surface area contributed by atoms with Gasteiger partial charge in [-0.1, -0.05) is 24.3 Å². The van der Waals surface area contributed by atoms with E-state index in [4.69, 9.17) is 0 Å². The molecule has 4 rings (SSSR count). The summed E-state index contributed by atoms with van der Waals surface area (Å²) in [6.45, 7) is 0. The zero-order chi connectivity index (χ0) is 18.8. The summed E-state index contributed by atoms with van der Waals surface area (Å²) in [6.07, 6.45) is 13.0. The summed E-state index contributed by atoms with van der Waals surface area (Å²) in [7, 11) is 0. The number of benzene rings is 1. The third kappa shape index (κ3) is 3.39. The molecule has 0 bridgehead atoms. The predicted molar refractivity (Wildman–Crippen MR) is 106 cm³/mol. The minimum atomic E-state index is -1.17. The first-order valence-corrected chi connectivity index (χ1v) is 10.2. The van der Waals surface area contributed by atoms with Crippen LogP contribution in [0.1, 0.15) is 12.8 Å². The molecule has 0 saturated carbocycles. The molecule has 0 spiro atoms. The van der Waals surface area contributed by atoms with Crippen LogP contribution in [-0.2, 0) is 11.2 Å². The van der Waals surface area contributed by atoms with Crippen LogP contribution in [-0.4, -0.2) is 30.4 Å². The Hall–Kier alpha value is -2.90. The summed E-state index contributed by atoms with van der Waals surface area (Å²) in [5.41, 5.74) is 2.34. The van der Waals surface area contributed by atoms with E-state index in [0.29, 0.717) is 22.0 Å². The van der Waals surface area contributed by atoms with E-state index in [-0.39, 0.29) is 5.43 Å². The molecule has 0 aliphatic heterocycles. The van der Waals surface area contributed by atoms with Crippen LogP contribution in [0.5, 0.6) is 0 Å². The number of para-hydroxylation sites is 1. The van der Waals surface area contributed by atoms with E-state index in [0.717, 1.165) is 18.5 Å². The van der Waals surface area contributed by atoms with Crippen molar-refractivity contribution in [3.63, 3.8) is 0 Å². The topological polar surface area (TPSA) is 75.8 Å². The van der Waals surface area contributed by atoms with Crippen molar-refractivity contribution in [2.24, 2.45) is 0 Å². The Labute approximate surface area is 159 Å². The summed E-state index contributed by atoms with van der Waals surface area (Å²) >= 11 is -1.17. The highest BCUT2D eigenvalue weighted by Gasteiger charge is 2.17. The molecule has 136 valence electrons. The lowest BCUT2D eigenvalue weighted by atomic mass is 10.1. The Morgan fingerprint density at radius 1 is 1.15 bits per heavy atom. The van der Waals surface area contributed by atoms with Gasteiger partial charge in [0.25, 0.3) is 0 Å². The van der Waals surface area contributed by atoms with Crippen LogP contribution < -0.4 is 5.43 Å². The highest BCUT2D eigenvalue weighted by atomic mass is 32.2. The zero-order valence-electron chi connectivity index (χ0n) is 14.8. The number of hydrogen-bond acceptors (Lipinski definition) is 4. The maximum Gasteiger partial charge on any atom is 0.209 e. The second kappa shape index (κ2) is 7.38. The molecule has 1 atom stereocenters. The van der Waals surface area contributed by atoms with Crippen LogP contribution >= 0.6 is 0 Å². The highest BCUT2D eigenvalue weighted by Crippen LogP contribution is 2.23. The summed E-state index contributed by atoms with van der Waals surface area (Å²) in [6, 6.07) is 10.6. The third-order valence-electron chi connectivity index (χ3n) is 4.34. The minimum Gasteiger partial charge on any atom is -0.612 e. The molecule has 0 fully saturated rings. The van der Waals surface area contributed by atoms with Gasteiger partial charge in [-0.15, -0.1) is 0 Å². The maximum absolute atomic E-state index is 12.5. The lowest BCUT2D eigenvalue weighted by Crippen LogP contribution is -2.16. The first-order chi connectivity index (χ1) is 13.1. The van der Waals surface area contributed by atoms with Gasteiger partial charge in [0.15, 0.2) is 10.6 Å². The van der Waals surface area contributed by atoms with Gasteiger partial charge in [0, 0.05) is 12.3 Å². The number of nitrogens with zero attached hydrogens (tertiary/aromatic N) is 4. The van der Waals surface area contributed by atoms with Crippen molar-refractivity contribution >= 4 is 16.9 Å². The van der Waals surface area contributed by atoms with Gasteiger partial charge in [-0.05, 0) is 48.3 Å². The van der Waals surface area contributed by atoms with Crippen LogP contribution in [0.4, 0.5) is 0 Å². The molecule has 2 heterocycles. The van der Waals surface area contributed by atoms with Gasteiger partial charge in [-0.2, -0.15) is 10.2 Å². The van der Waals surface area contributed by atoms with Gasteiger partial charge in [0.1, 0.15) is 11.9 Å². The van der Waals surface area contributed by atoms with Crippen molar-refractivity contribution in [3.05, 3.63) is 77.2 Å². The van der Waals surface area contributed by atoms with E-state index >= 15 is 0 Å². The van der Waals surface area contributed by atoms with Gasteiger partial charge in [-0.3, -0.25) is 4.79 Å². The first-order valence-electron chi connectivity index (χ1n) is 8.59. The van der Waals surface area contributed by atoms with Crippen LogP contribution in [0.3, 0.4) is 0 Å². The molecule has 0 radical (unpaired) electrons. The Balaban J connectivity index is 1.85. The van der Waals surface area contributed by atoms with Gasteiger partial charge >= 0.3 is 0 Å². The molecule has 1 aliphatic rings. The van der Waals surface area contributed by atoms with Crippen molar-refractivity contribution in [2.45, 2.75) is 17.7 Å². The van der Waals surface area contributed by atoms with Crippen LogP contribution in [0.25, 0.3) is 22.8 Å². The summed E-state index contributed by atoms with van der Waals surface area (Å²) in [5.74, 6) is 0. The molecule has 3 aromatic rings. The molecule has 7 heteroatoms. The molecular formula is C20H18N4O2S. The van der Waals surface area contributed by atoms with Crippen LogP contribution in [0, 0.1) is 0 Å². The second-order valence-electron chi connectivity index (χ2n) is 6.13. The summed E-state index contributed by atoms with van der Waals surface area (Å²) in [4.78, 5) is 13.2. The van der Waals surface area contributed by atoms with Gasteiger partial charge in [0.05, 0.1) is 17.6 Å². The molecule has 0 N–H and O–H groups in total. The Morgan fingerprint density at radius 3 is 2.78 bits per heavy atom. The molecule has 0 saturated heterocycles. The van der Waals surface area contributed by atoms with Crippen molar-refractivity contribution in [2.75, 3.05) is 6.26 Å². The quantitative estimate of drug-likeness (QED) is 0.654. The summed E-state index contributed by atoms with van der Waals surface area (Å²) in [5, 5.41) is 8.91. The molecule has 0 amide bonds. The Kier molecular flexibility index (Phi) is 4.79. The normalized spacial score (nSPS) is 14.8. The van der Waals surface area contributed by atoms with Crippen LogP contribution in [0.2, 0.25) is 0 Å². The Morgan fingerprint density at radius 2 is 2.00 bits per heavy atom. The van der Waals surface area contributed by atoms with E-state index in [1.807, 2.05) is 24.3 Å². The average Bonchev–Trinajstić information content (AvgIpc) is 3.18. The molecule has 6 nitrogen and oxygen atoms in total. The van der Waals surface area contributed by atoms with Gasteiger partial charge in [0.2, 0.25) is 5.43 Å². The summed E-state index contributed by atoms with van der Waals surface area (Å²) < 4.78 is 15.4. The predicted octanol–water partition coefficient (Wildman–Crippen LogP) is 3.02. The SMILES string of the molecule is C[S+]([O-])c1ccccc1-n1ccc(=O)c(-c2ccnn2C2=CCCC=C2)n1. The van der Waals surface area contributed by atoms with Crippen LogP contribution in [0.15, 0.2) is 76.7 Å². The zero-order valence-corrected chi connectivity index (χ0v) is 15.6. The van der Waals surface area contributed by atoms with Gasteiger partial charge < -0.3 is 4.55 Å². The molecule has 1 aromatic carbocycles. The smallest absolute Gasteiger partial charge is 0.209 e. The fourth-order valence-electron chi connectivity index (χ4n) is 3.05. The fourth-order valence-corrected chi connectivity index (χ4v) is 3.78. The Bertz CT molecular complexity index is 1100. The lowest BCUT2D eigenvalue weighted by molar-refractivity contribution is 0.599. The van der Waals surface area contributed by atoms with E-state index in [1.165, 1.54) is 6.07 Å². The van der Waals surface area contributed by atoms with E-state index in [2.05, 4.69) is 22.3 Å². The lowest BCUT2D eigenvalue weighted by Gasteiger charge is -2.14. The highest BCUT2D eigenvalue weighted by molar-refractivity contribution is 7.90. The first kappa shape index (κ1) is 17.5. The number of aromatic nitrogens is 4. The van der Waals surface area contributed by atoms with Crippen molar-refractivity contribution in [3.8, 4) is 17.1 Å².